The van der Waals surface area contributed by atoms with Crippen molar-refractivity contribution in [1.29, 1.82) is 0 Å². The molecule has 1 saturated carbocycles. The summed E-state index contributed by atoms with van der Waals surface area (Å²) in [5.74, 6) is -4.50. The third kappa shape index (κ3) is 3.73. The number of alkyl halides is 2. The van der Waals surface area contributed by atoms with Crippen molar-refractivity contribution in [3.05, 3.63) is 16.1 Å². The largest absolute Gasteiger partial charge is 0.481 e. The summed E-state index contributed by atoms with van der Waals surface area (Å²) in [6.45, 7) is 2.16. The molecule has 4 nitrogen and oxygen atoms in total. The van der Waals surface area contributed by atoms with Gasteiger partial charge in [-0.05, 0) is 26.2 Å². The number of aromatic nitrogens is 1. The summed E-state index contributed by atoms with van der Waals surface area (Å²) in [5, 5.41) is 14.5. The topological polar surface area (TPSA) is 62.2 Å². The lowest BCUT2D eigenvalue weighted by Crippen LogP contribution is -2.43. The van der Waals surface area contributed by atoms with Crippen molar-refractivity contribution in [2.45, 2.75) is 51.1 Å². The molecular formula is C13H18F2N2O2S. The van der Waals surface area contributed by atoms with Crippen molar-refractivity contribution in [3.8, 4) is 0 Å². The van der Waals surface area contributed by atoms with Crippen LogP contribution in [-0.2, 0) is 11.3 Å². The fourth-order valence-electron chi connectivity index (χ4n) is 2.48. The molecule has 0 aliphatic heterocycles. The molecule has 0 spiro atoms. The monoisotopic (exact) mass is 304 g/mol. The first kappa shape index (κ1) is 15.3. The molecule has 1 aromatic heterocycles. The molecule has 0 unspecified atom stereocenters. The highest BCUT2D eigenvalue weighted by Crippen LogP contribution is 2.35. The second-order valence-electron chi connectivity index (χ2n) is 5.20. The molecule has 112 valence electrons. The van der Waals surface area contributed by atoms with Crippen molar-refractivity contribution >= 4 is 17.3 Å². The number of carboxylic acids is 1. The van der Waals surface area contributed by atoms with Crippen molar-refractivity contribution in [2.75, 3.05) is 0 Å². The minimum absolute atomic E-state index is 0.0380. The van der Waals surface area contributed by atoms with E-state index in [1.165, 1.54) is 11.3 Å². The van der Waals surface area contributed by atoms with Gasteiger partial charge in [-0.25, -0.2) is 13.8 Å². The number of carboxylic acid groups (broad SMARTS) is 1. The van der Waals surface area contributed by atoms with Crippen LogP contribution in [-0.4, -0.2) is 28.0 Å². The Bertz CT molecular complexity index is 479. The standard InChI is InChI=1S/C13H18F2N2O2S/c1-8-17-10(7-20-8)6-16-11-3-2-9(12(18)19)4-5-13(11,14)15/h7,9,11,16H,2-6H2,1H3,(H,18,19)/t9-,11-/m1/s1. The van der Waals surface area contributed by atoms with Gasteiger partial charge in [0.25, 0.3) is 5.92 Å². The maximum atomic E-state index is 14.0. The number of nitrogens with one attached hydrogen (secondary N) is 1. The zero-order chi connectivity index (χ0) is 14.8. The van der Waals surface area contributed by atoms with E-state index in [0.29, 0.717) is 13.0 Å². The minimum atomic E-state index is -2.87. The first-order valence-corrected chi connectivity index (χ1v) is 7.51. The quantitative estimate of drug-likeness (QED) is 0.840. The zero-order valence-electron chi connectivity index (χ0n) is 11.2. The highest BCUT2D eigenvalue weighted by atomic mass is 32.1. The van der Waals surface area contributed by atoms with Gasteiger partial charge in [0.2, 0.25) is 0 Å². The molecule has 1 heterocycles. The zero-order valence-corrected chi connectivity index (χ0v) is 12.1. The summed E-state index contributed by atoms with van der Waals surface area (Å²) in [5.41, 5.74) is 0.752. The second-order valence-corrected chi connectivity index (χ2v) is 6.27. The van der Waals surface area contributed by atoms with E-state index < -0.39 is 23.9 Å². The molecule has 0 bridgehead atoms. The molecule has 2 rings (SSSR count). The number of aliphatic carboxylic acids is 1. The number of aryl methyl sites for hydroxylation is 1. The van der Waals surface area contributed by atoms with Crippen LogP contribution < -0.4 is 5.32 Å². The first-order valence-electron chi connectivity index (χ1n) is 6.63. The predicted octanol–water partition coefficient (Wildman–Crippen LogP) is 2.82. The van der Waals surface area contributed by atoms with Crippen LogP contribution in [0.2, 0.25) is 0 Å². The maximum absolute atomic E-state index is 14.0. The molecule has 20 heavy (non-hydrogen) atoms. The molecule has 0 radical (unpaired) electrons. The number of hydrogen-bond acceptors (Lipinski definition) is 4. The van der Waals surface area contributed by atoms with E-state index in [1.54, 1.807) is 0 Å². The van der Waals surface area contributed by atoms with E-state index in [1.807, 2.05) is 12.3 Å². The average Bonchev–Trinajstić information content (AvgIpc) is 2.70. The smallest absolute Gasteiger partial charge is 0.306 e. The highest BCUT2D eigenvalue weighted by Gasteiger charge is 2.42. The fraction of sp³-hybridized carbons (Fsp3) is 0.692. The lowest BCUT2D eigenvalue weighted by molar-refractivity contribution is -0.142. The predicted molar refractivity (Wildman–Crippen MR) is 72.0 cm³/mol. The van der Waals surface area contributed by atoms with E-state index in [2.05, 4.69) is 10.3 Å². The van der Waals surface area contributed by atoms with Crippen LogP contribution in [0.3, 0.4) is 0 Å². The van der Waals surface area contributed by atoms with Gasteiger partial charge >= 0.3 is 5.97 Å². The Morgan fingerprint density at radius 1 is 1.55 bits per heavy atom. The summed E-state index contributed by atoms with van der Waals surface area (Å²) >= 11 is 1.48. The van der Waals surface area contributed by atoms with Gasteiger partial charge in [-0.2, -0.15) is 0 Å². The molecular weight excluding hydrogens is 286 g/mol. The van der Waals surface area contributed by atoms with Gasteiger partial charge in [0.1, 0.15) is 0 Å². The molecule has 2 atom stereocenters. The summed E-state index contributed by atoms with van der Waals surface area (Å²) in [4.78, 5) is 15.2. The lowest BCUT2D eigenvalue weighted by atomic mass is 10.0. The van der Waals surface area contributed by atoms with E-state index in [0.717, 1.165) is 10.7 Å². The summed E-state index contributed by atoms with van der Waals surface area (Å²) in [7, 11) is 0. The Labute approximate surface area is 120 Å². The third-order valence-electron chi connectivity index (χ3n) is 3.69. The molecule has 1 aromatic rings. The molecule has 7 heteroatoms. The van der Waals surface area contributed by atoms with Gasteiger partial charge in [0.05, 0.1) is 22.7 Å². The summed E-state index contributed by atoms with van der Waals surface area (Å²) in [6, 6.07) is -0.978. The Morgan fingerprint density at radius 3 is 2.90 bits per heavy atom. The SMILES string of the molecule is Cc1nc(CN[C@@H]2CC[C@@H](C(=O)O)CCC2(F)F)cs1. The number of halogens is 2. The summed E-state index contributed by atoms with van der Waals surface area (Å²) < 4.78 is 28.0. The number of hydrogen-bond donors (Lipinski definition) is 2. The van der Waals surface area contributed by atoms with Gasteiger partial charge in [0, 0.05) is 18.3 Å². The number of rotatable bonds is 4. The molecule has 1 aliphatic rings. The minimum Gasteiger partial charge on any atom is -0.481 e. The van der Waals surface area contributed by atoms with E-state index in [4.69, 9.17) is 5.11 Å². The van der Waals surface area contributed by atoms with E-state index in [9.17, 15) is 13.6 Å². The van der Waals surface area contributed by atoms with Crippen molar-refractivity contribution in [2.24, 2.45) is 5.92 Å². The second kappa shape index (κ2) is 6.13. The van der Waals surface area contributed by atoms with Crippen LogP contribution in [0.15, 0.2) is 5.38 Å². The van der Waals surface area contributed by atoms with Crippen LogP contribution in [0.25, 0.3) is 0 Å². The van der Waals surface area contributed by atoms with Crippen LogP contribution in [0.4, 0.5) is 8.78 Å². The average molecular weight is 304 g/mol. The Morgan fingerprint density at radius 2 is 2.30 bits per heavy atom. The molecule has 2 N–H and O–H groups in total. The normalized spacial score (nSPS) is 26.1. The van der Waals surface area contributed by atoms with Crippen LogP contribution in [0.1, 0.15) is 36.4 Å². The molecule has 1 fully saturated rings. The van der Waals surface area contributed by atoms with Gasteiger partial charge < -0.3 is 10.4 Å². The summed E-state index contributed by atoms with van der Waals surface area (Å²) in [6.07, 6.45) is 0.125. The number of carbonyl (C=O) groups is 1. The highest BCUT2D eigenvalue weighted by molar-refractivity contribution is 7.09. The maximum Gasteiger partial charge on any atom is 0.306 e. The van der Waals surface area contributed by atoms with Gasteiger partial charge in [-0.3, -0.25) is 4.79 Å². The van der Waals surface area contributed by atoms with E-state index in [-0.39, 0.29) is 19.3 Å². The van der Waals surface area contributed by atoms with Crippen LogP contribution in [0, 0.1) is 12.8 Å². The Kier molecular flexibility index (Phi) is 4.70. The number of nitrogens with zero attached hydrogens (tertiary/aromatic N) is 1. The van der Waals surface area contributed by atoms with Gasteiger partial charge in [0.15, 0.2) is 0 Å². The van der Waals surface area contributed by atoms with Crippen molar-refractivity contribution in [3.63, 3.8) is 0 Å². The first-order chi connectivity index (χ1) is 9.38. The van der Waals surface area contributed by atoms with Gasteiger partial charge in [-0.15, -0.1) is 11.3 Å². The molecule has 0 saturated heterocycles. The van der Waals surface area contributed by atoms with Crippen LogP contribution in [0.5, 0.6) is 0 Å². The number of thiazole rings is 1. The molecule has 1 aliphatic carbocycles. The lowest BCUT2D eigenvalue weighted by Gasteiger charge is -2.25. The Balaban J connectivity index is 1.96. The van der Waals surface area contributed by atoms with Crippen LogP contribution >= 0.6 is 11.3 Å². The Hall–Kier alpha value is -1.08. The molecule has 0 amide bonds. The van der Waals surface area contributed by atoms with Crippen molar-refractivity contribution < 1.29 is 18.7 Å². The fourth-order valence-corrected chi connectivity index (χ4v) is 3.09. The van der Waals surface area contributed by atoms with Crippen molar-refractivity contribution in [1.82, 2.24) is 10.3 Å². The molecule has 0 aromatic carbocycles. The van der Waals surface area contributed by atoms with E-state index >= 15 is 0 Å². The van der Waals surface area contributed by atoms with Gasteiger partial charge in [-0.1, -0.05) is 0 Å². The third-order valence-corrected chi connectivity index (χ3v) is 4.51.